The third kappa shape index (κ3) is 28.5. The fraction of sp³-hybridized carbons (Fsp3) is 0.921. The lowest BCUT2D eigenvalue weighted by molar-refractivity contribution is -0.889. The Labute approximate surface area is 283 Å². The van der Waals surface area contributed by atoms with E-state index in [4.69, 9.17) is 14.2 Å². The van der Waals surface area contributed by atoms with E-state index in [-0.39, 0.29) is 42.7 Å². The first-order chi connectivity index (χ1) is 22.1. The number of carbonyl (C=O) groups is 3. The molecular weight excluding hydrogens is 582 g/mol. The van der Waals surface area contributed by atoms with Gasteiger partial charge in [0.15, 0.2) is 6.10 Å². The predicted octanol–water partition coefficient (Wildman–Crippen LogP) is 8.08. The molecule has 0 aliphatic rings. The van der Waals surface area contributed by atoms with E-state index in [1.54, 1.807) is 21.1 Å². The number of unbranched alkanes of at least 4 members (excludes halogenated alkanes) is 20. The number of nitrogens with zero attached hydrogens (tertiary/aromatic N) is 1. The van der Waals surface area contributed by atoms with Gasteiger partial charge in [-0.15, -0.1) is 0 Å². The van der Waals surface area contributed by atoms with Crippen LogP contribution < -0.4 is 5.11 Å². The average Bonchev–Trinajstić information content (AvgIpc) is 3.00. The Balaban J connectivity index is 4.28. The third-order valence-corrected chi connectivity index (χ3v) is 8.74. The summed E-state index contributed by atoms with van der Waals surface area (Å²) in [5.41, 5.74) is 0. The number of carboxylic acids is 1. The lowest BCUT2D eigenvalue weighted by atomic mass is 10.0. The molecule has 8 heteroatoms. The molecule has 0 heterocycles. The molecule has 0 aromatic rings. The zero-order chi connectivity index (χ0) is 34.3. The van der Waals surface area contributed by atoms with Crippen LogP contribution in [0.4, 0.5) is 0 Å². The number of aliphatic carboxylic acids is 1. The molecule has 0 saturated heterocycles. The Hall–Kier alpha value is -1.67. The van der Waals surface area contributed by atoms with Gasteiger partial charge >= 0.3 is 11.9 Å². The lowest BCUT2D eigenvalue weighted by Crippen LogP contribution is -2.55. The van der Waals surface area contributed by atoms with Gasteiger partial charge in [0.1, 0.15) is 12.6 Å². The molecule has 0 bridgehead atoms. The molecule has 0 fully saturated rings. The summed E-state index contributed by atoms with van der Waals surface area (Å²) in [6, 6.07) is -0.717. The van der Waals surface area contributed by atoms with Crippen molar-refractivity contribution in [3.8, 4) is 0 Å². The van der Waals surface area contributed by atoms with E-state index < -0.39 is 18.1 Å². The maximum absolute atomic E-state index is 12.5. The summed E-state index contributed by atoms with van der Waals surface area (Å²) in [6.07, 6.45) is 27.1. The van der Waals surface area contributed by atoms with Crippen LogP contribution in [-0.2, 0) is 28.6 Å². The Kier molecular flexibility index (Phi) is 29.5. The van der Waals surface area contributed by atoms with E-state index in [1.165, 1.54) is 103 Å². The summed E-state index contributed by atoms with van der Waals surface area (Å²) in [5.74, 6) is -1.73. The lowest BCUT2D eigenvalue weighted by Gasteiger charge is -2.34. The Bertz CT molecular complexity index is 737. The maximum atomic E-state index is 12.5. The fourth-order valence-electron chi connectivity index (χ4n) is 5.72. The minimum absolute atomic E-state index is 0.0475. The van der Waals surface area contributed by atoms with E-state index in [2.05, 4.69) is 13.8 Å². The molecule has 0 aromatic heterocycles. The Morgan fingerprint density at radius 2 is 0.957 bits per heavy atom. The minimum atomic E-state index is -1.12. The molecule has 2 unspecified atom stereocenters. The van der Waals surface area contributed by atoms with Crippen LogP contribution in [0, 0.1) is 0 Å². The van der Waals surface area contributed by atoms with E-state index in [0.29, 0.717) is 12.8 Å². The van der Waals surface area contributed by atoms with Crippen molar-refractivity contribution < 1.29 is 38.2 Å². The zero-order valence-corrected chi connectivity index (χ0v) is 30.8. The van der Waals surface area contributed by atoms with Crippen LogP contribution in [0.5, 0.6) is 0 Å². The highest BCUT2D eigenvalue weighted by molar-refractivity contribution is 5.70. The number of hydrogen-bond acceptors (Lipinski definition) is 7. The molecule has 0 saturated carbocycles. The third-order valence-electron chi connectivity index (χ3n) is 8.74. The highest BCUT2D eigenvalue weighted by atomic mass is 16.6. The van der Waals surface area contributed by atoms with Crippen LogP contribution >= 0.6 is 0 Å². The highest BCUT2D eigenvalue weighted by Gasteiger charge is 2.25. The molecule has 0 N–H and O–H groups in total. The number of likely N-dealkylation sites (N-methyl/N-ethyl adjacent to an activating group) is 1. The highest BCUT2D eigenvalue weighted by Crippen LogP contribution is 2.15. The van der Waals surface area contributed by atoms with Gasteiger partial charge in [-0.1, -0.05) is 142 Å². The van der Waals surface area contributed by atoms with Crippen LogP contribution in [0.25, 0.3) is 0 Å². The second kappa shape index (κ2) is 30.7. The monoisotopic (exact) mass is 656 g/mol. The first-order valence-electron chi connectivity index (χ1n) is 19.1. The summed E-state index contributed by atoms with van der Waals surface area (Å²) < 4.78 is 17.0. The van der Waals surface area contributed by atoms with Gasteiger partial charge < -0.3 is 28.6 Å². The van der Waals surface area contributed by atoms with Crippen molar-refractivity contribution in [1.82, 2.24) is 0 Å². The van der Waals surface area contributed by atoms with Gasteiger partial charge in [0, 0.05) is 19.3 Å². The van der Waals surface area contributed by atoms with Crippen molar-refractivity contribution >= 4 is 17.9 Å². The van der Waals surface area contributed by atoms with E-state index in [1.807, 2.05) is 0 Å². The summed E-state index contributed by atoms with van der Waals surface area (Å²) in [6.45, 7) is 4.62. The summed E-state index contributed by atoms with van der Waals surface area (Å²) in [5, 5.41) is 11.5. The molecule has 0 amide bonds. The van der Waals surface area contributed by atoms with Crippen molar-refractivity contribution in [3.05, 3.63) is 0 Å². The minimum Gasteiger partial charge on any atom is -0.544 e. The Morgan fingerprint density at radius 1 is 0.565 bits per heavy atom. The fourth-order valence-corrected chi connectivity index (χ4v) is 5.72. The summed E-state index contributed by atoms with van der Waals surface area (Å²) in [7, 11) is 5.40. The van der Waals surface area contributed by atoms with Gasteiger partial charge in [0.25, 0.3) is 0 Å². The summed E-state index contributed by atoms with van der Waals surface area (Å²) in [4.78, 5) is 36.5. The van der Waals surface area contributed by atoms with Crippen LogP contribution in [0.1, 0.15) is 174 Å². The molecule has 0 radical (unpaired) electrons. The number of rotatable bonds is 34. The van der Waals surface area contributed by atoms with Gasteiger partial charge in [0.2, 0.25) is 0 Å². The first kappa shape index (κ1) is 44.3. The quantitative estimate of drug-likeness (QED) is 0.0392. The molecule has 272 valence electrons. The van der Waals surface area contributed by atoms with Crippen LogP contribution in [0.3, 0.4) is 0 Å². The number of carboxylic acid groups (broad SMARTS) is 1. The maximum Gasteiger partial charge on any atom is 0.306 e. The number of quaternary nitrogens is 1. The Morgan fingerprint density at radius 3 is 1.35 bits per heavy atom. The molecule has 0 aliphatic heterocycles. The van der Waals surface area contributed by atoms with Crippen LogP contribution in [0.2, 0.25) is 0 Å². The van der Waals surface area contributed by atoms with Gasteiger partial charge in [-0.25, -0.2) is 0 Å². The predicted molar refractivity (Wildman–Crippen MR) is 185 cm³/mol. The van der Waals surface area contributed by atoms with Crippen molar-refractivity contribution in [2.24, 2.45) is 0 Å². The second-order valence-corrected chi connectivity index (χ2v) is 14.2. The SMILES string of the molecule is CCCCCCCCCCCCCCCCCC(=O)OCC(COCCC(C(=O)[O-])[N+](C)(C)C)OC(=O)CCCCCCCCC. The molecule has 0 aliphatic carbocycles. The second-order valence-electron chi connectivity index (χ2n) is 14.2. The molecule has 2 atom stereocenters. The first-order valence-corrected chi connectivity index (χ1v) is 19.1. The van der Waals surface area contributed by atoms with Gasteiger partial charge in [-0.05, 0) is 12.8 Å². The molecule has 8 nitrogen and oxygen atoms in total. The zero-order valence-electron chi connectivity index (χ0n) is 30.8. The van der Waals surface area contributed by atoms with Gasteiger partial charge in [0.05, 0.1) is 40.3 Å². The summed E-state index contributed by atoms with van der Waals surface area (Å²) >= 11 is 0. The molecule has 0 aromatic carbocycles. The standard InChI is InChI=1S/C38H73NO7/c1-6-8-10-12-14-15-16-17-18-19-20-21-23-24-26-28-36(40)45-33-34(32-44-31-30-35(38(42)43)39(3,4)5)46-37(41)29-27-25-22-13-11-9-7-2/h34-35H,6-33H2,1-5H3. The van der Waals surface area contributed by atoms with Crippen molar-refractivity contribution in [2.75, 3.05) is 41.0 Å². The van der Waals surface area contributed by atoms with E-state index >= 15 is 0 Å². The normalized spacial score (nSPS) is 13.0. The topological polar surface area (TPSA) is 102 Å². The van der Waals surface area contributed by atoms with Gasteiger partial charge in [-0.2, -0.15) is 0 Å². The van der Waals surface area contributed by atoms with Crippen LogP contribution in [0.15, 0.2) is 0 Å². The van der Waals surface area contributed by atoms with Gasteiger partial charge in [-0.3, -0.25) is 9.59 Å². The number of ether oxygens (including phenoxy) is 3. The largest absolute Gasteiger partial charge is 0.544 e. The van der Waals surface area contributed by atoms with Crippen molar-refractivity contribution in [2.45, 2.75) is 187 Å². The molecular formula is C38H73NO7. The van der Waals surface area contributed by atoms with Crippen molar-refractivity contribution in [3.63, 3.8) is 0 Å². The number of carbonyl (C=O) groups excluding carboxylic acids is 3. The molecule has 0 spiro atoms. The number of hydrogen-bond donors (Lipinski definition) is 0. The van der Waals surface area contributed by atoms with E-state index in [0.717, 1.165) is 38.5 Å². The molecule has 0 rings (SSSR count). The van der Waals surface area contributed by atoms with E-state index in [9.17, 15) is 19.5 Å². The number of esters is 2. The van der Waals surface area contributed by atoms with Crippen LogP contribution in [-0.4, -0.2) is 75.5 Å². The molecule has 46 heavy (non-hydrogen) atoms. The smallest absolute Gasteiger partial charge is 0.306 e. The average molecular weight is 656 g/mol. The van der Waals surface area contributed by atoms with Crippen molar-refractivity contribution in [1.29, 1.82) is 0 Å².